The van der Waals surface area contributed by atoms with Gasteiger partial charge in [0.05, 0.1) is 6.26 Å². The summed E-state index contributed by atoms with van der Waals surface area (Å²) in [6.45, 7) is 12.7. The number of allylic oxidation sites excluding steroid dienone is 1. The highest BCUT2D eigenvalue weighted by atomic mass is 32.2. The summed E-state index contributed by atoms with van der Waals surface area (Å²) in [5.74, 6) is 3.69. The van der Waals surface area contributed by atoms with E-state index in [1.807, 2.05) is 25.1 Å². The summed E-state index contributed by atoms with van der Waals surface area (Å²) in [7, 11) is 2.10. The molecule has 0 aliphatic rings. The van der Waals surface area contributed by atoms with Crippen molar-refractivity contribution in [2.75, 3.05) is 19.8 Å². The second-order valence-electron chi connectivity index (χ2n) is 5.88. The van der Waals surface area contributed by atoms with Crippen LogP contribution in [0.4, 0.5) is 0 Å². The monoisotopic (exact) mass is 415 g/mol. The Morgan fingerprint density at radius 1 is 1.18 bits per heavy atom. The predicted molar refractivity (Wildman–Crippen MR) is 132 cm³/mol. The molecule has 152 valence electrons. The van der Waals surface area contributed by atoms with Gasteiger partial charge in [-0.25, -0.2) is 0 Å². The van der Waals surface area contributed by atoms with Gasteiger partial charge in [-0.1, -0.05) is 56.1 Å². The van der Waals surface area contributed by atoms with Crippen LogP contribution in [0.3, 0.4) is 0 Å². The van der Waals surface area contributed by atoms with Gasteiger partial charge in [0.1, 0.15) is 5.76 Å². The van der Waals surface area contributed by atoms with E-state index in [4.69, 9.17) is 4.42 Å². The van der Waals surface area contributed by atoms with E-state index in [1.54, 1.807) is 24.1 Å². The fourth-order valence-corrected chi connectivity index (χ4v) is 3.15. The van der Waals surface area contributed by atoms with Gasteiger partial charge in [0, 0.05) is 24.2 Å². The SMILES string of the molecule is C=C(/C(=C\c1ccco1)SC)N(C)CCc1ccccc1CC.C=CC.C=S. The fraction of sp³-hybridized carbons (Fsp3) is 0.292. The molecule has 0 saturated carbocycles. The maximum atomic E-state index is 5.41. The van der Waals surface area contributed by atoms with Crippen molar-refractivity contribution in [3.8, 4) is 0 Å². The molecule has 1 heterocycles. The first-order valence-corrected chi connectivity index (χ1v) is 11.0. The number of thioether (sulfide) groups is 1. The Morgan fingerprint density at radius 2 is 1.79 bits per heavy atom. The number of thiocarbonyl (C=S) groups is 1. The number of nitrogens with zero attached hydrogens (tertiary/aromatic N) is 1. The van der Waals surface area contributed by atoms with Crippen LogP contribution in [0.1, 0.15) is 30.7 Å². The molecule has 28 heavy (non-hydrogen) atoms. The number of hydrogen-bond acceptors (Lipinski definition) is 4. The minimum Gasteiger partial charge on any atom is -0.465 e. The smallest absolute Gasteiger partial charge is 0.127 e. The van der Waals surface area contributed by atoms with E-state index in [2.05, 4.69) is 80.6 Å². The zero-order valence-corrected chi connectivity index (χ0v) is 19.2. The number of benzene rings is 1. The zero-order chi connectivity index (χ0) is 21.4. The predicted octanol–water partition coefficient (Wildman–Crippen LogP) is 7.04. The Morgan fingerprint density at radius 3 is 2.29 bits per heavy atom. The van der Waals surface area contributed by atoms with Crippen molar-refractivity contribution in [2.24, 2.45) is 0 Å². The van der Waals surface area contributed by atoms with Gasteiger partial charge < -0.3 is 9.32 Å². The third-order valence-corrected chi connectivity index (χ3v) is 4.79. The molecule has 0 fully saturated rings. The first-order valence-electron chi connectivity index (χ1n) is 9.19. The lowest BCUT2D eigenvalue weighted by atomic mass is 10.0. The molecule has 0 unspecified atom stereocenters. The van der Waals surface area contributed by atoms with Crippen LogP contribution in [0.2, 0.25) is 0 Å². The fourth-order valence-electron chi connectivity index (χ4n) is 2.52. The van der Waals surface area contributed by atoms with Crippen LogP contribution in [0.25, 0.3) is 6.08 Å². The number of rotatable bonds is 8. The molecule has 0 spiro atoms. The Kier molecular flexibility index (Phi) is 14.8. The Hall–Kier alpha value is -2.04. The third kappa shape index (κ3) is 9.25. The molecular formula is C24H33NOS2. The molecular weight excluding hydrogens is 382 g/mol. The molecule has 0 bridgehead atoms. The molecule has 0 amide bonds. The molecule has 1 aromatic heterocycles. The van der Waals surface area contributed by atoms with Crippen molar-refractivity contribution in [3.63, 3.8) is 0 Å². The Balaban J connectivity index is 0.00000133. The summed E-state index contributed by atoms with van der Waals surface area (Å²) in [4.78, 5) is 3.35. The molecule has 0 aliphatic carbocycles. The van der Waals surface area contributed by atoms with Gasteiger partial charge in [-0.05, 0) is 61.2 Å². The summed E-state index contributed by atoms with van der Waals surface area (Å²) >= 11 is 5.53. The first kappa shape index (κ1) is 26.0. The zero-order valence-electron chi connectivity index (χ0n) is 17.6. The minimum atomic E-state index is 0.861. The molecule has 0 saturated heterocycles. The molecule has 1 aromatic carbocycles. The van der Waals surface area contributed by atoms with Gasteiger partial charge in [0.15, 0.2) is 0 Å². The summed E-state index contributed by atoms with van der Waals surface area (Å²) in [6.07, 6.45) is 9.67. The third-order valence-electron chi connectivity index (χ3n) is 4.00. The normalized spacial score (nSPS) is 10.1. The number of aryl methyl sites for hydroxylation is 1. The lowest BCUT2D eigenvalue weighted by molar-refractivity contribution is 0.435. The van der Waals surface area contributed by atoms with Gasteiger partial charge in [0.25, 0.3) is 0 Å². The second-order valence-corrected chi connectivity index (χ2v) is 6.72. The lowest BCUT2D eigenvalue weighted by Crippen LogP contribution is -2.21. The van der Waals surface area contributed by atoms with E-state index in [-0.39, 0.29) is 0 Å². The van der Waals surface area contributed by atoms with Crippen LogP contribution in [0.15, 0.2) is 76.9 Å². The van der Waals surface area contributed by atoms with Gasteiger partial charge >= 0.3 is 0 Å². The Labute approximate surface area is 181 Å². The van der Waals surface area contributed by atoms with E-state index in [1.165, 1.54) is 11.1 Å². The van der Waals surface area contributed by atoms with E-state index in [0.29, 0.717) is 0 Å². The molecule has 4 heteroatoms. The van der Waals surface area contributed by atoms with Crippen molar-refractivity contribution in [1.82, 2.24) is 4.90 Å². The number of likely N-dealkylation sites (N-methyl/N-ethyl adjacent to an activating group) is 1. The average Bonchev–Trinajstić information content (AvgIpc) is 3.25. The van der Waals surface area contributed by atoms with Gasteiger partial charge in [-0.3, -0.25) is 0 Å². The van der Waals surface area contributed by atoms with E-state index >= 15 is 0 Å². The number of furan rings is 1. The van der Waals surface area contributed by atoms with Crippen molar-refractivity contribution in [2.45, 2.75) is 26.7 Å². The number of hydrogen-bond donors (Lipinski definition) is 0. The largest absolute Gasteiger partial charge is 0.465 e. The summed E-state index contributed by atoms with van der Waals surface area (Å²) in [5, 5.41) is 0. The van der Waals surface area contributed by atoms with Crippen molar-refractivity contribution in [3.05, 3.63) is 89.4 Å². The van der Waals surface area contributed by atoms with Crippen LogP contribution in [0.5, 0.6) is 0 Å². The van der Waals surface area contributed by atoms with Gasteiger partial charge in [0.2, 0.25) is 0 Å². The summed E-state index contributed by atoms with van der Waals surface area (Å²) in [5.41, 5.74) is 3.89. The molecule has 0 aliphatic heterocycles. The molecule has 2 aromatic rings. The quantitative estimate of drug-likeness (QED) is 0.261. The van der Waals surface area contributed by atoms with Crippen LogP contribution >= 0.6 is 24.0 Å². The molecule has 0 radical (unpaired) electrons. The molecule has 0 atom stereocenters. The van der Waals surface area contributed by atoms with Gasteiger partial charge in [-0.2, -0.15) is 0 Å². The topological polar surface area (TPSA) is 16.4 Å². The van der Waals surface area contributed by atoms with Gasteiger partial charge in [-0.15, -0.1) is 18.3 Å². The average molecular weight is 416 g/mol. The molecule has 0 N–H and O–H groups in total. The van der Waals surface area contributed by atoms with Crippen LogP contribution in [-0.4, -0.2) is 30.6 Å². The Bertz CT molecular complexity index is 720. The second kappa shape index (κ2) is 16.0. The highest BCUT2D eigenvalue weighted by molar-refractivity contribution is 8.02. The van der Waals surface area contributed by atoms with E-state index < -0.39 is 0 Å². The van der Waals surface area contributed by atoms with Crippen molar-refractivity contribution in [1.29, 1.82) is 0 Å². The maximum absolute atomic E-state index is 5.41. The lowest BCUT2D eigenvalue weighted by Gasteiger charge is -2.23. The first-order chi connectivity index (χ1) is 13.6. The molecule has 2 nitrogen and oxygen atoms in total. The summed E-state index contributed by atoms with van der Waals surface area (Å²) in [6, 6.07) is 12.5. The highest BCUT2D eigenvalue weighted by Crippen LogP contribution is 2.25. The highest BCUT2D eigenvalue weighted by Gasteiger charge is 2.09. The minimum absolute atomic E-state index is 0.861. The maximum Gasteiger partial charge on any atom is 0.127 e. The van der Waals surface area contributed by atoms with Crippen LogP contribution in [0, 0.1) is 0 Å². The standard InChI is InChI=1S/C20H25NOS.C3H6.CH2S/c1-5-17-9-6-7-10-18(17)12-13-21(3)16(2)20(23-4)15-19-11-8-14-22-19;1-3-2;1-2/h6-11,14-15H,2,5,12-13H2,1,3-4H3;3H,1H2,2H3;1H2/b20-15+;;. The van der Waals surface area contributed by atoms with E-state index in [0.717, 1.165) is 35.7 Å². The van der Waals surface area contributed by atoms with Crippen LogP contribution < -0.4 is 0 Å². The summed E-state index contributed by atoms with van der Waals surface area (Å²) < 4.78 is 5.41. The van der Waals surface area contributed by atoms with Crippen molar-refractivity contribution < 1.29 is 4.42 Å². The van der Waals surface area contributed by atoms with E-state index in [9.17, 15) is 0 Å². The van der Waals surface area contributed by atoms with Crippen LogP contribution in [-0.2, 0) is 12.8 Å². The van der Waals surface area contributed by atoms with Crippen molar-refractivity contribution >= 4 is 35.9 Å². The molecule has 2 rings (SSSR count).